The fourth-order valence-corrected chi connectivity index (χ4v) is 2.99. The number of hydrogen-bond acceptors (Lipinski definition) is 4. The topological polar surface area (TPSA) is 58.6 Å². The molecule has 2 aromatic carbocycles. The standard InChI is InChI=1S/C21H17ClN2O3S/c1-2-11-24-20(26)17(19(25)23-21(24)28)12-15-5-3-4-6-18(15)27-13-14-7-9-16(22)10-8-14/h2-10,12H,1,11,13H2,(H,23,25,28)/b17-12+. The number of amides is 2. The fraction of sp³-hybridized carbons (Fsp3) is 0.0952. The number of para-hydroxylation sites is 1. The van der Waals surface area contributed by atoms with Crippen LogP contribution in [-0.2, 0) is 16.2 Å². The summed E-state index contributed by atoms with van der Waals surface area (Å²) < 4.78 is 5.88. The van der Waals surface area contributed by atoms with Gasteiger partial charge in [0.2, 0.25) is 0 Å². The van der Waals surface area contributed by atoms with Gasteiger partial charge < -0.3 is 4.74 Å². The molecule has 7 heteroatoms. The highest BCUT2D eigenvalue weighted by Crippen LogP contribution is 2.24. The second-order valence-corrected chi connectivity index (χ2v) is 6.80. The molecule has 2 amide bonds. The van der Waals surface area contributed by atoms with Crippen LogP contribution in [0.5, 0.6) is 5.75 Å². The summed E-state index contributed by atoms with van der Waals surface area (Å²) in [6.45, 7) is 4.15. The molecule has 28 heavy (non-hydrogen) atoms. The summed E-state index contributed by atoms with van der Waals surface area (Å²) in [4.78, 5) is 26.3. The van der Waals surface area contributed by atoms with Gasteiger partial charge in [0, 0.05) is 17.1 Å². The van der Waals surface area contributed by atoms with Crippen molar-refractivity contribution in [2.75, 3.05) is 6.54 Å². The van der Waals surface area contributed by atoms with E-state index in [4.69, 9.17) is 28.6 Å². The maximum Gasteiger partial charge on any atom is 0.265 e. The van der Waals surface area contributed by atoms with Crippen molar-refractivity contribution in [1.29, 1.82) is 0 Å². The Morgan fingerprint density at radius 2 is 1.86 bits per heavy atom. The van der Waals surface area contributed by atoms with Crippen LogP contribution >= 0.6 is 23.8 Å². The van der Waals surface area contributed by atoms with Crippen molar-refractivity contribution in [2.45, 2.75) is 6.61 Å². The Bertz CT molecular complexity index is 970. The first kappa shape index (κ1) is 19.8. The number of thiocarbonyl (C=S) groups is 1. The van der Waals surface area contributed by atoms with Crippen LogP contribution in [0.1, 0.15) is 11.1 Å². The van der Waals surface area contributed by atoms with Crippen LogP contribution in [0, 0.1) is 0 Å². The molecule has 0 spiro atoms. The summed E-state index contributed by atoms with van der Waals surface area (Å²) in [7, 11) is 0. The van der Waals surface area contributed by atoms with Crippen LogP contribution in [0.15, 0.2) is 66.8 Å². The normalized spacial score (nSPS) is 15.5. The summed E-state index contributed by atoms with van der Waals surface area (Å²) in [5.74, 6) is -0.460. The smallest absolute Gasteiger partial charge is 0.265 e. The molecule has 0 aromatic heterocycles. The highest BCUT2D eigenvalue weighted by atomic mass is 35.5. The zero-order chi connectivity index (χ0) is 20.1. The Morgan fingerprint density at radius 3 is 2.57 bits per heavy atom. The Hall–Kier alpha value is -2.96. The predicted octanol–water partition coefficient (Wildman–Crippen LogP) is 3.73. The first-order valence-electron chi connectivity index (χ1n) is 8.45. The van der Waals surface area contributed by atoms with Gasteiger partial charge in [-0.3, -0.25) is 19.8 Å². The molecule has 3 rings (SSSR count). The van der Waals surface area contributed by atoms with Gasteiger partial charge in [-0.2, -0.15) is 0 Å². The van der Waals surface area contributed by atoms with Gasteiger partial charge in [-0.1, -0.05) is 48.0 Å². The lowest BCUT2D eigenvalue weighted by atomic mass is 10.1. The average molecular weight is 413 g/mol. The molecule has 1 aliphatic rings. The molecule has 142 valence electrons. The lowest BCUT2D eigenvalue weighted by Crippen LogP contribution is -2.53. The quantitative estimate of drug-likeness (QED) is 0.340. The predicted molar refractivity (Wildman–Crippen MR) is 113 cm³/mol. The second-order valence-electron chi connectivity index (χ2n) is 5.97. The first-order chi connectivity index (χ1) is 13.5. The van der Waals surface area contributed by atoms with E-state index in [0.29, 0.717) is 22.9 Å². The van der Waals surface area contributed by atoms with Crippen molar-refractivity contribution < 1.29 is 14.3 Å². The highest BCUT2D eigenvalue weighted by molar-refractivity contribution is 7.80. The van der Waals surface area contributed by atoms with Crippen molar-refractivity contribution in [3.63, 3.8) is 0 Å². The van der Waals surface area contributed by atoms with Crippen LogP contribution in [0.25, 0.3) is 6.08 Å². The molecule has 0 saturated carbocycles. The molecule has 0 unspecified atom stereocenters. The van der Waals surface area contributed by atoms with E-state index in [9.17, 15) is 9.59 Å². The molecule has 0 radical (unpaired) electrons. The van der Waals surface area contributed by atoms with Gasteiger partial charge in [0.15, 0.2) is 5.11 Å². The third-order valence-corrected chi connectivity index (χ3v) is 4.60. The van der Waals surface area contributed by atoms with Crippen molar-refractivity contribution in [3.05, 3.63) is 82.9 Å². The van der Waals surface area contributed by atoms with Crippen molar-refractivity contribution in [3.8, 4) is 5.75 Å². The van der Waals surface area contributed by atoms with Gasteiger partial charge >= 0.3 is 0 Å². The largest absolute Gasteiger partial charge is 0.488 e. The van der Waals surface area contributed by atoms with E-state index in [2.05, 4.69) is 11.9 Å². The Labute approximate surface area is 173 Å². The monoisotopic (exact) mass is 412 g/mol. The number of rotatable bonds is 6. The zero-order valence-electron chi connectivity index (χ0n) is 14.9. The van der Waals surface area contributed by atoms with Gasteiger partial charge in [0.05, 0.1) is 0 Å². The number of halogens is 1. The number of carbonyl (C=O) groups excluding carboxylic acids is 2. The van der Waals surface area contributed by atoms with Crippen molar-refractivity contribution in [1.82, 2.24) is 10.2 Å². The van der Waals surface area contributed by atoms with Crippen LogP contribution in [0.2, 0.25) is 5.02 Å². The molecule has 1 aliphatic heterocycles. The van der Waals surface area contributed by atoms with Gasteiger partial charge in [-0.15, -0.1) is 6.58 Å². The number of nitrogens with one attached hydrogen (secondary N) is 1. The molecule has 5 nitrogen and oxygen atoms in total. The number of carbonyl (C=O) groups is 2. The molecule has 0 aliphatic carbocycles. The van der Waals surface area contributed by atoms with Crippen LogP contribution in [-0.4, -0.2) is 28.4 Å². The highest BCUT2D eigenvalue weighted by Gasteiger charge is 2.32. The SMILES string of the molecule is C=CCN1C(=O)/C(=C/c2ccccc2OCc2ccc(Cl)cc2)C(=O)NC1=S. The molecular formula is C21H17ClN2O3S. The first-order valence-corrected chi connectivity index (χ1v) is 9.24. The Kier molecular flexibility index (Phi) is 6.23. The van der Waals surface area contributed by atoms with Crippen LogP contribution in [0.4, 0.5) is 0 Å². The van der Waals surface area contributed by atoms with Crippen LogP contribution < -0.4 is 10.1 Å². The minimum atomic E-state index is -0.539. The molecule has 1 N–H and O–H groups in total. The number of benzene rings is 2. The van der Waals surface area contributed by atoms with E-state index in [1.807, 2.05) is 18.2 Å². The maximum absolute atomic E-state index is 12.7. The van der Waals surface area contributed by atoms with E-state index in [0.717, 1.165) is 5.56 Å². The zero-order valence-corrected chi connectivity index (χ0v) is 16.4. The average Bonchev–Trinajstić information content (AvgIpc) is 2.69. The van der Waals surface area contributed by atoms with E-state index in [-0.39, 0.29) is 17.2 Å². The van der Waals surface area contributed by atoms with E-state index < -0.39 is 11.8 Å². The minimum Gasteiger partial charge on any atom is -0.488 e. The second kappa shape index (κ2) is 8.82. The molecule has 0 bridgehead atoms. The molecule has 1 saturated heterocycles. The summed E-state index contributed by atoms with van der Waals surface area (Å²) >= 11 is 11.0. The fourth-order valence-electron chi connectivity index (χ4n) is 2.62. The minimum absolute atomic E-state index is 0.0157. The van der Waals surface area contributed by atoms with Crippen molar-refractivity contribution >= 4 is 46.8 Å². The summed E-state index contributed by atoms with van der Waals surface area (Å²) in [5.41, 5.74) is 1.54. The van der Waals surface area contributed by atoms with Crippen LogP contribution in [0.3, 0.4) is 0 Å². The lowest BCUT2D eigenvalue weighted by Gasteiger charge is -2.27. The van der Waals surface area contributed by atoms with E-state index in [1.165, 1.54) is 11.0 Å². The van der Waals surface area contributed by atoms with E-state index in [1.54, 1.807) is 36.4 Å². The Morgan fingerprint density at radius 1 is 1.14 bits per heavy atom. The molecular weight excluding hydrogens is 396 g/mol. The van der Waals surface area contributed by atoms with E-state index >= 15 is 0 Å². The number of ether oxygens (including phenoxy) is 1. The third-order valence-electron chi connectivity index (χ3n) is 4.02. The molecule has 2 aromatic rings. The van der Waals surface area contributed by atoms with Gasteiger partial charge in [-0.25, -0.2) is 0 Å². The van der Waals surface area contributed by atoms with Gasteiger partial charge in [-0.05, 0) is 42.1 Å². The third kappa shape index (κ3) is 4.47. The van der Waals surface area contributed by atoms with Crippen molar-refractivity contribution in [2.24, 2.45) is 0 Å². The molecule has 1 heterocycles. The molecule has 1 fully saturated rings. The van der Waals surface area contributed by atoms with Gasteiger partial charge in [0.1, 0.15) is 17.9 Å². The molecule has 0 atom stereocenters. The van der Waals surface area contributed by atoms with Gasteiger partial charge in [0.25, 0.3) is 11.8 Å². The Balaban J connectivity index is 1.86. The number of nitrogens with zero attached hydrogens (tertiary/aromatic N) is 1. The number of hydrogen-bond donors (Lipinski definition) is 1. The summed E-state index contributed by atoms with van der Waals surface area (Å²) in [6.07, 6.45) is 3.05. The summed E-state index contributed by atoms with van der Waals surface area (Å²) in [6, 6.07) is 14.5. The summed E-state index contributed by atoms with van der Waals surface area (Å²) in [5, 5.41) is 3.25. The lowest BCUT2D eigenvalue weighted by molar-refractivity contribution is -0.128. The maximum atomic E-state index is 12.7.